The molecule has 1 saturated heterocycles. The molecule has 0 spiro atoms. The van der Waals surface area contributed by atoms with Crippen LogP contribution in [0, 0.1) is 25.7 Å². The van der Waals surface area contributed by atoms with E-state index in [0.29, 0.717) is 17.4 Å². The van der Waals surface area contributed by atoms with Crippen LogP contribution in [0.4, 0.5) is 0 Å². The minimum absolute atomic E-state index is 0.281. The third-order valence-electron chi connectivity index (χ3n) is 4.10. The summed E-state index contributed by atoms with van der Waals surface area (Å²) in [5.41, 5.74) is 1.10. The first kappa shape index (κ1) is 15.9. The second kappa shape index (κ2) is 6.54. The smallest absolute Gasteiger partial charge is 0.150 e. The van der Waals surface area contributed by atoms with Crippen LogP contribution in [0.15, 0.2) is 0 Å². The van der Waals surface area contributed by atoms with E-state index in [1.807, 2.05) is 6.92 Å². The highest BCUT2D eigenvalue weighted by Gasteiger charge is 2.33. The summed E-state index contributed by atoms with van der Waals surface area (Å²) in [4.78, 5) is 5.87. The molecule has 0 radical (unpaired) electrons. The molecule has 0 aromatic carbocycles. The van der Waals surface area contributed by atoms with Gasteiger partial charge in [0, 0.05) is 11.3 Å². The lowest BCUT2D eigenvalue weighted by atomic mass is 9.89. The molecular weight excluding hydrogens is 292 g/mol. The fourth-order valence-electron chi connectivity index (χ4n) is 2.78. The molecule has 20 heavy (non-hydrogen) atoms. The molecular formula is C14H24N2O2S2. The van der Waals surface area contributed by atoms with Gasteiger partial charge in [-0.25, -0.2) is 13.4 Å². The van der Waals surface area contributed by atoms with Crippen molar-refractivity contribution in [2.45, 2.75) is 33.6 Å². The summed E-state index contributed by atoms with van der Waals surface area (Å²) >= 11 is 1.75. The van der Waals surface area contributed by atoms with Gasteiger partial charge in [0.05, 0.1) is 22.2 Å². The van der Waals surface area contributed by atoms with Gasteiger partial charge in [0.15, 0.2) is 9.84 Å². The number of aromatic nitrogens is 1. The van der Waals surface area contributed by atoms with Crippen molar-refractivity contribution in [2.24, 2.45) is 11.8 Å². The lowest BCUT2D eigenvalue weighted by Crippen LogP contribution is -2.30. The first-order chi connectivity index (χ1) is 9.41. The van der Waals surface area contributed by atoms with Gasteiger partial charge in [-0.3, -0.25) is 0 Å². The van der Waals surface area contributed by atoms with Gasteiger partial charge >= 0.3 is 0 Å². The Labute approximate surface area is 125 Å². The van der Waals surface area contributed by atoms with Crippen LogP contribution in [0.2, 0.25) is 0 Å². The van der Waals surface area contributed by atoms with E-state index in [1.54, 1.807) is 11.3 Å². The van der Waals surface area contributed by atoms with Crippen molar-refractivity contribution in [3.8, 4) is 0 Å². The molecule has 1 fully saturated rings. The molecule has 0 aliphatic carbocycles. The van der Waals surface area contributed by atoms with Crippen LogP contribution >= 0.6 is 11.3 Å². The van der Waals surface area contributed by atoms with E-state index in [9.17, 15) is 8.42 Å². The Kier molecular flexibility index (Phi) is 5.20. The molecule has 1 aromatic rings. The predicted molar refractivity (Wildman–Crippen MR) is 84.1 cm³/mol. The van der Waals surface area contributed by atoms with Crippen molar-refractivity contribution in [3.05, 3.63) is 15.6 Å². The van der Waals surface area contributed by atoms with Crippen LogP contribution < -0.4 is 5.32 Å². The number of thiazole rings is 1. The van der Waals surface area contributed by atoms with Crippen molar-refractivity contribution in [3.63, 3.8) is 0 Å². The van der Waals surface area contributed by atoms with E-state index in [1.165, 1.54) is 4.88 Å². The fraction of sp³-hybridized carbons (Fsp3) is 0.786. The third-order valence-corrected chi connectivity index (χ3v) is 6.99. The molecule has 0 bridgehead atoms. The van der Waals surface area contributed by atoms with Crippen molar-refractivity contribution in [1.82, 2.24) is 10.3 Å². The molecule has 2 heterocycles. The number of nitrogens with one attached hydrogen (secondary N) is 1. The van der Waals surface area contributed by atoms with Gasteiger partial charge in [-0.15, -0.1) is 11.3 Å². The maximum atomic E-state index is 11.7. The Morgan fingerprint density at radius 2 is 2.20 bits per heavy atom. The van der Waals surface area contributed by atoms with Crippen LogP contribution in [0.3, 0.4) is 0 Å². The van der Waals surface area contributed by atoms with E-state index in [-0.39, 0.29) is 5.92 Å². The SMILES string of the molecule is CCNCC(Cc1nc(C)c(C)s1)C1CCS(=O)(=O)C1. The summed E-state index contributed by atoms with van der Waals surface area (Å²) in [6.07, 6.45) is 1.70. The zero-order chi connectivity index (χ0) is 14.8. The summed E-state index contributed by atoms with van der Waals surface area (Å²) in [5.74, 6) is 1.36. The Hall–Kier alpha value is -0.460. The summed E-state index contributed by atoms with van der Waals surface area (Å²) in [6, 6.07) is 0. The number of nitrogens with zero attached hydrogens (tertiary/aromatic N) is 1. The number of rotatable bonds is 6. The second-order valence-corrected chi connectivity index (χ2v) is 9.20. The lowest BCUT2D eigenvalue weighted by Gasteiger charge is -2.21. The Bertz CT molecular complexity index is 532. The highest BCUT2D eigenvalue weighted by Crippen LogP contribution is 2.30. The standard InChI is InChI=1S/C14H24N2O2S2/c1-4-15-8-13(12-5-6-20(17,18)9-12)7-14-16-10(2)11(3)19-14/h12-13,15H,4-9H2,1-3H3. The molecule has 1 N–H and O–H groups in total. The molecule has 6 heteroatoms. The minimum Gasteiger partial charge on any atom is -0.317 e. The average molecular weight is 316 g/mol. The molecule has 4 nitrogen and oxygen atoms in total. The minimum atomic E-state index is -2.81. The van der Waals surface area contributed by atoms with Crippen LogP contribution in [-0.2, 0) is 16.3 Å². The number of sulfone groups is 1. The van der Waals surface area contributed by atoms with Crippen LogP contribution in [-0.4, -0.2) is 38.0 Å². The zero-order valence-electron chi connectivity index (χ0n) is 12.5. The van der Waals surface area contributed by atoms with E-state index in [4.69, 9.17) is 0 Å². The lowest BCUT2D eigenvalue weighted by molar-refractivity contribution is 0.345. The quantitative estimate of drug-likeness (QED) is 0.871. The zero-order valence-corrected chi connectivity index (χ0v) is 14.1. The average Bonchev–Trinajstić information content (AvgIpc) is 2.88. The monoisotopic (exact) mass is 316 g/mol. The summed E-state index contributed by atoms with van der Waals surface area (Å²) < 4.78 is 23.4. The molecule has 0 amide bonds. The van der Waals surface area contributed by atoms with Crippen LogP contribution in [0.5, 0.6) is 0 Å². The largest absolute Gasteiger partial charge is 0.317 e. The van der Waals surface area contributed by atoms with Gasteiger partial charge in [0.1, 0.15) is 0 Å². The first-order valence-electron chi connectivity index (χ1n) is 7.25. The predicted octanol–water partition coefficient (Wildman–Crippen LogP) is 1.96. The highest BCUT2D eigenvalue weighted by atomic mass is 32.2. The number of aryl methyl sites for hydroxylation is 2. The molecule has 2 rings (SSSR count). The van der Waals surface area contributed by atoms with Crippen molar-refractivity contribution in [2.75, 3.05) is 24.6 Å². The van der Waals surface area contributed by atoms with E-state index >= 15 is 0 Å². The van der Waals surface area contributed by atoms with E-state index < -0.39 is 9.84 Å². The van der Waals surface area contributed by atoms with Crippen molar-refractivity contribution in [1.29, 1.82) is 0 Å². The normalized spacial score (nSPS) is 23.1. The summed E-state index contributed by atoms with van der Waals surface area (Å²) in [6.45, 7) is 8.02. The molecule has 0 saturated carbocycles. The summed E-state index contributed by atoms with van der Waals surface area (Å²) in [7, 11) is -2.81. The third kappa shape index (κ3) is 4.02. The first-order valence-corrected chi connectivity index (χ1v) is 9.89. The maximum Gasteiger partial charge on any atom is 0.150 e. The van der Waals surface area contributed by atoms with E-state index in [2.05, 4.69) is 24.1 Å². The van der Waals surface area contributed by atoms with E-state index in [0.717, 1.165) is 36.6 Å². The number of hydrogen-bond donors (Lipinski definition) is 1. The maximum absolute atomic E-state index is 11.7. The van der Waals surface area contributed by atoms with Gasteiger partial charge in [0.2, 0.25) is 0 Å². The van der Waals surface area contributed by atoms with Gasteiger partial charge in [-0.1, -0.05) is 6.92 Å². The van der Waals surface area contributed by atoms with Crippen LogP contribution in [0.1, 0.15) is 28.9 Å². The molecule has 2 unspecified atom stereocenters. The molecule has 1 aromatic heterocycles. The van der Waals surface area contributed by atoms with Crippen molar-refractivity contribution >= 4 is 21.2 Å². The number of hydrogen-bond acceptors (Lipinski definition) is 5. The molecule has 114 valence electrons. The second-order valence-electron chi connectivity index (χ2n) is 5.68. The summed E-state index contributed by atoms with van der Waals surface area (Å²) in [5, 5.41) is 4.52. The molecule has 1 aliphatic heterocycles. The molecule has 1 aliphatic rings. The van der Waals surface area contributed by atoms with Crippen molar-refractivity contribution < 1.29 is 8.42 Å². The molecule has 2 atom stereocenters. The van der Waals surface area contributed by atoms with Crippen LogP contribution in [0.25, 0.3) is 0 Å². The van der Waals surface area contributed by atoms with Gasteiger partial charge in [0.25, 0.3) is 0 Å². The van der Waals surface area contributed by atoms with Gasteiger partial charge in [-0.2, -0.15) is 0 Å². The van der Waals surface area contributed by atoms with Gasteiger partial charge < -0.3 is 5.32 Å². The highest BCUT2D eigenvalue weighted by molar-refractivity contribution is 7.91. The Morgan fingerprint density at radius 1 is 1.45 bits per heavy atom. The topological polar surface area (TPSA) is 59.1 Å². The fourth-order valence-corrected chi connectivity index (χ4v) is 5.73. The Balaban J connectivity index is 2.07. The van der Waals surface area contributed by atoms with Gasteiger partial charge in [-0.05, 0) is 45.2 Å². The Morgan fingerprint density at radius 3 is 2.70 bits per heavy atom.